The van der Waals surface area contributed by atoms with Crippen LogP contribution in [0.5, 0.6) is 0 Å². The third-order valence-electron chi connectivity index (χ3n) is 4.79. The van der Waals surface area contributed by atoms with E-state index in [1.54, 1.807) is 0 Å². The minimum Gasteiger partial charge on any atom is -0.346 e. The van der Waals surface area contributed by atoms with Crippen LogP contribution >= 0.6 is 22.6 Å². The number of aryl methyl sites for hydroxylation is 1. The van der Waals surface area contributed by atoms with Gasteiger partial charge in [-0.2, -0.15) is 5.10 Å². The third-order valence-corrected chi connectivity index (χ3v) is 5.61. The highest BCUT2D eigenvalue weighted by Crippen LogP contribution is 2.39. The van der Waals surface area contributed by atoms with Crippen LogP contribution in [-0.2, 0) is 6.42 Å². The van der Waals surface area contributed by atoms with Crippen molar-refractivity contribution in [1.29, 1.82) is 0 Å². The monoisotopic (exact) mass is 431 g/mol. The lowest BCUT2D eigenvalue weighted by molar-refractivity contribution is 0.0931. The Labute approximate surface area is 154 Å². The molecule has 1 amide bonds. The van der Waals surface area contributed by atoms with Gasteiger partial charge in [0, 0.05) is 16.5 Å². The van der Waals surface area contributed by atoms with Crippen LogP contribution in [0.25, 0.3) is 10.9 Å². The maximum Gasteiger partial charge on any atom is 0.251 e. The Morgan fingerprint density at radius 3 is 2.83 bits per heavy atom. The highest BCUT2D eigenvalue weighted by molar-refractivity contribution is 14.1. The first-order chi connectivity index (χ1) is 11.6. The second-order valence-corrected chi connectivity index (χ2v) is 7.69. The Hall–Kier alpha value is -1.89. The number of carbonyl (C=O) groups excluding carboxylic acids is 1. The highest BCUT2D eigenvalue weighted by Gasteiger charge is 2.44. The second-order valence-electron chi connectivity index (χ2n) is 6.61. The summed E-state index contributed by atoms with van der Waals surface area (Å²) >= 11 is 2.20. The normalized spacial score (nSPS) is 15.4. The number of amides is 1. The number of hydrogen-bond acceptors (Lipinski definition) is 2. The van der Waals surface area contributed by atoms with E-state index in [4.69, 9.17) is 0 Å². The maximum atomic E-state index is 12.7. The summed E-state index contributed by atoms with van der Waals surface area (Å²) in [6.07, 6.45) is 2.98. The molecule has 4 rings (SSSR count). The predicted molar refractivity (Wildman–Crippen MR) is 103 cm³/mol. The number of rotatable bonds is 4. The quantitative estimate of drug-likeness (QED) is 0.615. The smallest absolute Gasteiger partial charge is 0.251 e. The Morgan fingerprint density at radius 1 is 1.29 bits per heavy atom. The summed E-state index contributed by atoms with van der Waals surface area (Å²) in [6.45, 7) is 2.13. The fourth-order valence-electron chi connectivity index (χ4n) is 3.10. The van der Waals surface area contributed by atoms with Gasteiger partial charge in [0.15, 0.2) is 0 Å². The van der Waals surface area contributed by atoms with E-state index in [0.29, 0.717) is 5.56 Å². The summed E-state index contributed by atoms with van der Waals surface area (Å²) in [5.41, 5.74) is 4.10. The first-order valence-corrected chi connectivity index (χ1v) is 9.15. The van der Waals surface area contributed by atoms with Crippen molar-refractivity contribution in [2.45, 2.75) is 31.7 Å². The zero-order valence-electron chi connectivity index (χ0n) is 13.4. The summed E-state index contributed by atoms with van der Waals surface area (Å²) < 4.78 is 0.957. The molecule has 0 radical (unpaired) electrons. The Kier molecular flexibility index (Phi) is 3.83. The molecule has 1 saturated carbocycles. The number of aromatic nitrogens is 2. The van der Waals surface area contributed by atoms with Crippen LogP contribution in [0.4, 0.5) is 0 Å². The Morgan fingerprint density at radius 2 is 2.08 bits per heavy atom. The number of carbonyl (C=O) groups is 1. The number of hydrogen-bond donors (Lipinski definition) is 2. The molecule has 0 saturated heterocycles. The van der Waals surface area contributed by atoms with E-state index in [0.717, 1.165) is 33.9 Å². The van der Waals surface area contributed by atoms with Crippen molar-refractivity contribution >= 4 is 39.4 Å². The van der Waals surface area contributed by atoms with Gasteiger partial charge < -0.3 is 5.32 Å². The Bertz CT molecular complexity index is 927. The topological polar surface area (TPSA) is 57.8 Å². The van der Waals surface area contributed by atoms with Crippen molar-refractivity contribution in [3.8, 4) is 0 Å². The SMILES string of the molecule is Cc1ccccc1CC1(NC(=O)c2ccc3n[nH]c(I)c3c2)CC1. The molecule has 1 aliphatic rings. The van der Waals surface area contributed by atoms with E-state index >= 15 is 0 Å². The zero-order valence-corrected chi connectivity index (χ0v) is 15.6. The molecule has 4 nitrogen and oxygen atoms in total. The van der Waals surface area contributed by atoms with E-state index < -0.39 is 0 Å². The second kappa shape index (κ2) is 5.88. The number of H-pyrrole nitrogens is 1. The first kappa shape index (κ1) is 15.6. The van der Waals surface area contributed by atoms with E-state index in [2.05, 4.69) is 69.3 Å². The van der Waals surface area contributed by atoms with Crippen molar-refractivity contribution in [3.05, 3.63) is 62.9 Å². The summed E-state index contributed by atoms with van der Waals surface area (Å²) in [7, 11) is 0. The molecule has 5 heteroatoms. The molecule has 1 aliphatic carbocycles. The standard InChI is InChI=1S/C19H18IN3O/c1-12-4-2-3-5-14(12)11-19(8-9-19)21-18(24)13-6-7-16-15(10-13)17(20)23-22-16/h2-7,10H,8-9,11H2,1H3,(H,21,24)(H,22,23). The lowest BCUT2D eigenvalue weighted by Gasteiger charge is -2.19. The van der Waals surface area contributed by atoms with Crippen molar-refractivity contribution < 1.29 is 4.79 Å². The molecule has 1 aromatic heterocycles. The molecule has 1 heterocycles. The van der Waals surface area contributed by atoms with Crippen LogP contribution in [0, 0.1) is 10.6 Å². The number of aromatic amines is 1. The molecule has 0 bridgehead atoms. The summed E-state index contributed by atoms with van der Waals surface area (Å²) in [5.74, 6) is -0.0000146. The predicted octanol–water partition coefficient (Wildman–Crippen LogP) is 3.98. The minimum absolute atomic E-state index is 0.0000146. The van der Waals surface area contributed by atoms with E-state index in [1.807, 2.05) is 18.2 Å². The molecule has 0 spiro atoms. The molecule has 2 aromatic carbocycles. The van der Waals surface area contributed by atoms with Gasteiger partial charge in [0.05, 0.1) is 5.52 Å². The maximum absolute atomic E-state index is 12.7. The van der Waals surface area contributed by atoms with Gasteiger partial charge in [-0.05, 0) is 78.1 Å². The number of fused-ring (bicyclic) bond motifs is 1. The molecule has 24 heavy (non-hydrogen) atoms. The molecule has 2 N–H and O–H groups in total. The van der Waals surface area contributed by atoms with Crippen LogP contribution in [0.15, 0.2) is 42.5 Å². The minimum atomic E-state index is -0.0816. The lowest BCUT2D eigenvalue weighted by atomic mass is 9.99. The van der Waals surface area contributed by atoms with Gasteiger partial charge in [-0.3, -0.25) is 9.89 Å². The van der Waals surface area contributed by atoms with Crippen molar-refractivity contribution in [2.75, 3.05) is 0 Å². The molecular weight excluding hydrogens is 413 g/mol. The molecule has 0 aliphatic heterocycles. The average Bonchev–Trinajstić information content (AvgIpc) is 3.23. The summed E-state index contributed by atoms with van der Waals surface area (Å²) in [5, 5.41) is 11.4. The van der Waals surface area contributed by atoms with Crippen molar-refractivity contribution in [3.63, 3.8) is 0 Å². The molecule has 0 unspecified atom stereocenters. The van der Waals surface area contributed by atoms with Gasteiger partial charge in [-0.25, -0.2) is 0 Å². The molecule has 0 atom stereocenters. The molecule has 3 aromatic rings. The van der Waals surface area contributed by atoms with Gasteiger partial charge in [0.25, 0.3) is 5.91 Å². The van der Waals surface area contributed by atoms with Crippen molar-refractivity contribution in [2.24, 2.45) is 0 Å². The molecular formula is C19H18IN3O. The Balaban J connectivity index is 1.54. The fourth-order valence-corrected chi connectivity index (χ4v) is 3.66. The number of halogens is 1. The van der Waals surface area contributed by atoms with Crippen LogP contribution in [-0.4, -0.2) is 21.6 Å². The van der Waals surface area contributed by atoms with Crippen LogP contribution in [0.1, 0.15) is 34.3 Å². The number of benzene rings is 2. The van der Waals surface area contributed by atoms with Crippen LogP contribution < -0.4 is 5.32 Å². The average molecular weight is 431 g/mol. The number of nitrogens with one attached hydrogen (secondary N) is 2. The van der Waals surface area contributed by atoms with Gasteiger partial charge in [-0.1, -0.05) is 24.3 Å². The fraction of sp³-hybridized carbons (Fsp3) is 0.263. The van der Waals surface area contributed by atoms with E-state index in [-0.39, 0.29) is 11.4 Å². The highest BCUT2D eigenvalue weighted by atomic mass is 127. The van der Waals surface area contributed by atoms with Crippen molar-refractivity contribution in [1.82, 2.24) is 15.5 Å². The van der Waals surface area contributed by atoms with Gasteiger partial charge in [0.1, 0.15) is 3.70 Å². The van der Waals surface area contributed by atoms with Crippen LogP contribution in [0.3, 0.4) is 0 Å². The van der Waals surface area contributed by atoms with Gasteiger partial charge in [0.2, 0.25) is 0 Å². The lowest BCUT2D eigenvalue weighted by Crippen LogP contribution is -2.38. The molecule has 122 valence electrons. The molecule has 1 fully saturated rings. The van der Waals surface area contributed by atoms with Gasteiger partial charge >= 0.3 is 0 Å². The first-order valence-electron chi connectivity index (χ1n) is 8.07. The largest absolute Gasteiger partial charge is 0.346 e. The van der Waals surface area contributed by atoms with Crippen LogP contribution in [0.2, 0.25) is 0 Å². The summed E-state index contributed by atoms with van der Waals surface area (Å²) in [4.78, 5) is 12.7. The summed E-state index contributed by atoms with van der Waals surface area (Å²) in [6, 6.07) is 14.1. The number of nitrogens with zero attached hydrogens (tertiary/aromatic N) is 1. The third kappa shape index (κ3) is 2.92. The zero-order chi connectivity index (χ0) is 16.7. The van der Waals surface area contributed by atoms with E-state index in [1.165, 1.54) is 11.1 Å². The van der Waals surface area contributed by atoms with Gasteiger partial charge in [-0.15, -0.1) is 0 Å². The van der Waals surface area contributed by atoms with E-state index in [9.17, 15) is 4.79 Å².